The van der Waals surface area contributed by atoms with E-state index in [1.54, 1.807) is 4.90 Å². The Morgan fingerprint density at radius 1 is 1.05 bits per heavy atom. The van der Waals surface area contributed by atoms with Gasteiger partial charge in [-0.25, -0.2) is 0 Å². The number of nitrogens with zero attached hydrogens (tertiary/aromatic N) is 1. The number of fused-ring (bicyclic) bond motifs is 5. The van der Waals surface area contributed by atoms with Crippen molar-refractivity contribution in [3.63, 3.8) is 0 Å². The number of carbonyl (C=O) groups is 2. The third-order valence-corrected chi connectivity index (χ3v) is 6.27. The van der Waals surface area contributed by atoms with E-state index in [1.165, 1.54) is 19.3 Å². The molecule has 0 radical (unpaired) electrons. The van der Waals surface area contributed by atoms with E-state index in [0.717, 1.165) is 19.3 Å². The van der Waals surface area contributed by atoms with Crippen molar-refractivity contribution in [1.82, 2.24) is 4.90 Å². The molecule has 0 aromatic heterocycles. The highest BCUT2D eigenvalue weighted by atomic mass is 16.2. The Morgan fingerprint density at radius 3 is 2.14 bits per heavy atom. The van der Waals surface area contributed by atoms with Crippen molar-refractivity contribution in [1.29, 1.82) is 0 Å². The van der Waals surface area contributed by atoms with Gasteiger partial charge in [-0.05, 0) is 37.0 Å². The first-order chi connectivity index (χ1) is 10.2. The quantitative estimate of drug-likeness (QED) is 0.635. The van der Waals surface area contributed by atoms with Crippen LogP contribution in [0.25, 0.3) is 0 Å². The first-order valence-electron chi connectivity index (χ1n) is 8.47. The number of carbonyl (C=O) groups excluding carboxylic acids is 2. The van der Waals surface area contributed by atoms with E-state index in [-0.39, 0.29) is 29.7 Å². The number of amides is 2. The zero-order valence-electron chi connectivity index (χ0n) is 12.4. The first-order valence-corrected chi connectivity index (χ1v) is 8.47. The van der Waals surface area contributed by atoms with Crippen molar-refractivity contribution < 1.29 is 9.59 Å². The van der Waals surface area contributed by atoms with E-state index < -0.39 is 0 Å². The van der Waals surface area contributed by atoms with Gasteiger partial charge in [0.25, 0.3) is 0 Å². The second kappa shape index (κ2) is 4.94. The van der Waals surface area contributed by atoms with E-state index in [2.05, 4.69) is 12.2 Å². The molecule has 4 heteroatoms. The summed E-state index contributed by atoms with van der Waals surface area (Å²) in [6.07, 6.45) is 11.2. The molecule has 2 saturated carbocycles. The number of rotatable bonds is 3. The van der Waals surface area contributed by atoms with Crippen LogP contribution in [0.3, 0.4) is 0 Å². The molecule has 4 nitrogen and oxygen atoms in total. The Bertz CT molecular complexity index is 465. The van der Waals surface area contributed by atoms with Crippen molar-refractivity contribution in [3.8, 4) is 0 Å². The molecule has 2 amide bonds. The monoisotopic (exact) mass is 288 g/mol. The largest absolute Gasteiger partial charge is 0.328 e. The summed E-state index contributed by atoms with van der Waals surface area (Å²) in [5, 5.41) is 0. The van der Waals surface area contributed by atoms with Gasteiger partial charge in [0.2, 0.25) is 11.8 Å². The molecule has 0 aromatic rings. The third kappa shape index (κ3) is 1.84. The highest BCUT2D eigenvalue weighted by Gasteiger charge is 2.60. The molecule has 2 bridgehead atoms. The summed E-state index contributed by atoms with van der Waals surface area (Å²) in [5.74, 6) is 1.000. The summed E-state index contributed by atoms with van der Waals surface area (Å²) in [6.45, 7) is 0.421. The van der Waals surface area contributed by atoms with Crippen LogP contribution in [0.1, 0.15) is 38.5 Å². The Labute approximate surface area is 125 Å². The Morgan fingerprint density at radius 2 is 1.62 bits per heavy atom. The number of hydrogen-bond acceptors (Lipinski definition) is 3. The molecule has 1 aliphatic heterocycles. The van der Waals surface area contributed by atoms with Gasteiger partial charge >= 0.3 is 0 Å². The van der Waals surface area contributed by atoms with Gasteiger partial charge in [-0.15, -0.1) is 0 Å². The molecule has 1 saturated heterocycles. The van der Waals surface area contributed by atoms with Gasteiger partial charge in [-0.1, -0.05) is 31.4 Å². The molecule has 5 atom stereocenters. The molecule has 1 heterocycles. The van der Waals surface area contributed by atoms with Crippen LogP contribution < -0.4 is 5.73 Å². The van der Waals surface area contributed by atoms with Gasteiger partial charge in [0.05, 0.1) is 17.9 Å². The van der Waals surface area contributed by atoms with E-state index in [9.17, 15) is 9.59 Å². The number of hydrogen-bond donors (Lipinski definition) is 1. The minimum atomic E-state index is -0.0786. The maximum atomic E-state index is 12.8. The lowest BCUT2D eigenvalue weighted by molar-refractivity contribution is -0.144. The lowest BCUT2D eigenvalue weighted by Gasteiger charge is -2.35. The van der Waals surface area contributed by atoms with Crippen molar-refractivity contribution in [2.24, 2.45) is 35.3 Å². The summed E-state index contributed by atoms with van der Waals surface area (Å²) in [6, 6.07) is -0.0599. The summed E-state index contributed by atoms with van der Waals surface area (Å²) < 4.78 is 0. The average molecular weight is 288 g/mol. The highest BCUT2D eigenvalue weighted by Crippen LogP contribution is 2.53. The fourth-order valence-corrected chi connectivity index (χ4v) is 5.28. The molecule has 3 fully saturated rings. The van der Waals surface area contributed by atoms with Crippen LogP contribution in [0.5, 0.6) is 0 Å². The summed E-state index contributed by atoms with van der Waals surface area (Å²) in [4.78, 5) is 27.3. The Hall–Kier alpha value is -1.16. The Balaban J connectivity index is 1.60. The second-order valence-corrected chi connectivity index (χ2v) is 7.25. The molecule has 5 unspecified atom stereocenters. The van der Waals surface area contributed by atoms with Crippen LogP contribution in [-0.4, -0.2) is 29.3 Å². The van der Waals surface area contributed by atoms with Crippen molar-refractivity contribution in [3.05, 3.63) is 12.2 Å². The summed E-state index contributed by atoms with van der Waals surface area (Å²) in [7, 11) is 0. The third-order valence-electron chi connectivity index (χ3n) is 6.27. The van der Waals surface area contributed by atoms with Crippen molar-refractivity contribution in [2.75, 3.05) is 6.54 Å². The lowest BCUT2D eigenvalue weighted by Crippen LogP contribution is -2.50. The normalized spacial score (nSPS) is 40.1. The molecule has 114 valence electrons. The SMILES string of the molecule is NCC(C1CCCCC1)N1C(=O)C2C3C=CC(C3)C2C1=O. The Kier molecular flexibility index (Phi) is 3.18. The first kappa shape index (κ1) is 13.5. The van der Waals surface area contributed by atoms with E-state index >= 15 is 0 Å². The van der Waals surface area contributed by atoms with Gasteiger partial charge in [-0.2, -0.15) is 0 Å². The topological polar surface area (TPSA) is 63.4 Å². The van der Waals surface area contributed by atoms with E-state index in [4.69, 9.17) is 5.73 Å². The average Bonchev–Trinajstić information content (AvgIpc) is 3.18. The van der Waals surface area contributed by atoms with Crippen LogP contribution in [0.4, 0.5) is 0 Å². The van der Waals surface area contributed by atoms with Crippen LogP contribution in [0, 0.1) is 29.6 Å². The minimum Gasteiger partial charge on any atom is -0.328 e. The standard InChI is InChI=1S/C17H24N2O2/c18-9-13(10-4-2-1-3-5-10)19-16(20)14-11-6-7-12(8-11)15(14)17(19)21/h6-7,10-15H,1-5,8-9,18H2. The van der Waals surface area contributed by atoms with Crippen LogP contribution in [-0.2, 0) is 9.59 Å². The molecule has 3 aliphatic carbocycles. The molecule has 0 spiro atoms. The summed E-state index contributed by atoms with van der Waals surface area (Å²) in [5.41, 5.74) is 5.98. The van der Waals surface area contributed by atoms with Gasteiger partial charge in [0, 0.05) is 6.54 Å². The molecular weight excluding hydrogens is 264 g/mol. The van der Waals surface area contributed by atoms with Gasteiger partial charge in [0.15, 0.2) is 0 Å². The fraction of sp³-hybridized carbons (Fsp3) is 0.765. The van der Waals surface area contributed by atoms with E-state index in [1.807, 2.05) is 0 Å². The van der Waals surface area contributed by atoms with Crippen LogP contribution in [0.15, 0.2) is 12.2 Å². The smallest absolute Gasteiger partial charge is 0.234 e. The zero-order chi connectivity index (χ0) is 14.6. The van der Waals surface area contributed by atoms with Crippen LogP contribution in [0.2, 0.25) is 0 Å². The second-order valence-electron chi connectivity index (χ2n) is 7.25. The zero-order valence-corrected chi connectivity index (χ0v) is 12.4. The maximum absolute atomic E-state index is 12.8. The van der Waals surface area contributed by atoms with Crippen LogP contribution >= 0.6 is 0 Å². The lowest BCUT2D eigenvalue weighted by atomic mass is 9.83. The number of nitrogens with two attached hydrogens (primary N) is 1. The molecular formula is C17H24N2O2. The molecule has 4 rings (SSSR count). The van der Waals surface area contributed by atoms with Gasteiger partial charge in [0.1, 0.15) is 0 Å². The maximum Gasteiger partial charge on any atom is 0.234 e. The molecule has 21 heavy (non-hydrogen) atoms. The molecule has 4 aliphatic rings. The highest BCUT2D eigenvalue weighted by molar-refractivity contribution is 6.06. The number of likely N-dealkylation sites (tertiary alicyclic amines) is 1. The minimum absolute atomic E-state index is 0.0599. The van der Waals surface area contributed by atoms with Gasteiger partial charge < -0.3 is 5.73 Å². The van der Waals surface area contributed by atoms with Gasteiger partial charge in [-0.3, -0.25) is 14.5 Å². The molecule has 0 aromatic carbocycles. The van der Waals surface area contributed by atoms with E-state index in [0.29, 0.717) is 24.3 Å². The number of allylic oxidation sites excluding steroid dienone is 2. The predicted octanol–water partition coefficient (Wildman–Crippen LogP) is 1.70. The number of imide groups is 1. The fourth-order valence-electron chi connectivity index (χ4n) is 5.28. The molecule has 2 N–H and O–H groups in total. The van der Waals surface area contributed by atoms with Crippen molar-refractivity contribution >= 4 is 11.8 Å². The van der Waals surface area contributed by atoms with Crippen molar-refractivity contribution in [2.45, 2.75) is 44.6 Å². The summed E-state index contributed by atoms with van der Waals surface area (Å²) >= 11 is 0. The predicted molar refractivity (Wildman–Crippen MR) is 79.0 cm³/mol.